The molecule has 0 saturated heterocycles. The molecule has 4 aromatic rings. The molecule has 0 saturated carbocycles. The fourth-order valence-corrected chi connectivity index (χ4v) is 5.32. The van der Waals surface area contributed by atoms with Crippen molar-refractivity contribution >= 4 is 48.9 Å². The smallest absolute Gasteiger partial charge is 0.308 e. The second kappa shape index (κ2) is 8.60. The van der Waals surface area contributed by atoms with Crippen LogP contribution in [0.15, 0.2) is 76.4 Å². The largest absolute Gasteiger partial charge is 0.322 e. The van der Waals surface area contributed by atoms with Crippen LogP contribution in [0.4, 0.5) is 11.4 Å². The molecular formula is C23H21N3O4S2. The Morgan fingerprint density at radius 1 is 0.969 bits per heavy atom. The number of amides is 1. The lowest BCUT2D eigenvalue weighted by Gasteiger charge is -2.10. The van der Waals surface area contributed by atoms with Gasteiger partial charge in [0.05, 0.1) is 15.1 Å². The number of fused-ring (bicyclic) bond motifs is 1. The van der Waals surface area contributed by atoms with Crippen LogP contribution in [-0.2, 0) is 16.6 Å². The molecule has 0 atom stereocenters. The van der Waals surface area contributed by atoms with Crippen LogP contribution in [-0.4, -0.2) is 18.9 Å². The average molecular weight is 468 g/mol. The van der Waals surface area contributed by atoms with Gasteiger partial charge in [0.25, 0.3) is 15.9 Å². The molecule has 1 aromatic heterocycles. The van der Waals surface area contributed by atoms with Gasteiger partial charge in [0, 0.05) is 23.5 Å². The number of aryl methyl sites for hydroxylation is 2. The van der Waals surface area contributed by atoms with Gasteiger partial charge in [-0.25, -0.2) is 8.42 Å². The zero-order chi connectivity index (χ0) is 22.9. The fraction of sp³-hybridized carbons (Fsp3) is 0.130. The molecule has 0 fully saturated rings. The Bertz CT molecular complexity index is 1450. The molecule has 3 aromatic carbocycles. The number of carbonyl (C=O) groups excluding carboxylic acids is 1. The first kappa shape index (κ1) is 21.8. The third-order valence-electron chi connectivity index (χ3n) is 4.97. The summed E-state index contributed by atoms with van der Waals surface area (Å²) in [7, 11) is -3.71. The lowest BCUT2D eigenvalue weighted by atomic mass is 10.2. The summed E-state index contributed by atoms with van der Waals surface area (Å²) in [5, 5.41) is 2.81. The summed E-state index contributed by atoms with van der Waals surface area (Å²) in [5.74, 6) is -0.334. The van der Waals surface area contributed by atoms with Gasteiger partial charge < -0.3 is 5.32 Å². The van der Waals surface area contributed by atoms with E-state index in [0.29, 0.717) is 23.5 Å². The van der Waals surface area contributed by atoms with Crippen LogP contribution in [0.25, 0.3) is 10.2 Å². The summed E-state index contributed by atoms with van der Waals surface area (Å²) >= 11 is 1.14. The maximum atomic E-state index is 12.6. The molecule has 4 rings (SSSR count). The van der Waals surface area contributed by atoms with Gasteiger partial charge in [-0.15, -0.1) is 0 Å². The number of carbonyl (C=O) groups is 1. The molecule has 0 aliphatic heterocycles. The van der Waals surface area contributed by atoms with Crippen LogP contribution in [0.2, 0.25) is 0 Å². The van der Waals surface area contributed by atoms with Gasteiger partial charge in [-0.3, -0.25) is 18.9 Å². The van der Waals surface area contributed by atoms with Crippen LogP contribution in [0, 0.1) is 6.92 Å². The van der Waals surface area contributed by atoms with Crippen molar-refractivity contribution in [2.45, 2.75) is 25.3 Å². The van der Waals surface area contributed by atoms with Crippen molar-refractivity contribution in [1.82, 2.24) is 4.57 Å². The number of hydrogen-bond acceptors (Lipinski definition) is 5. The zero-order valence-corrected chi connectivity index (χ0v) is 19.1. The number of sulfonamides is 1. The van der Waals surface area contributed by atoms with Crippen molar-refractivity contribution in [1.29, 1.82) is 0 Å². The second-order valence-electron chi connectivity index (χ2n) is 7.24. The Morgan fingerprint density at radius 3 is 2.28 bits per heavy atom. The van der Waals surface area contributed by atoms with E-state index < -0.39 is 10.0 Å². The quantitative estimate of drug-likeness (QED) is 0.438. The molecular weight excluding hydrogens is 446 g/mol. The van der Waals surface area contributed by atoms with Gasteiger partial charge in [-0.05, 0) is 68.4 Å². The Morgan fingerprint density at radius 2 is 1.62 bits per heavy atom. The molecule has 164 valence electrons. The summed E-state index contributed by atoms with van der Waals surface area (Å²) in [6, 6.07) is 18.1. The van der Waals surface area contributed by atoms with Gasteiger partial charge in [-0.1, -0.05) is 29.0 Å². The number of rotatable bonds is 6. The Labute approximate surface area is 189 Å². The Kier molecular flexibility index (Phi) is 5.86. The number of hydrogen-bond donors (Lipinski definition) is 2. The third kappa shape index (κ3) is 4.44. The van der Waals surface area contributed by atoms with Crippen LogP contribution >= 0.6 is 11.3 Å². The summed E-state index contributed by atoms with van der Waals surface area (Å²) in [6.45, 7) is 4.38. The maximum Gasteiger partial charge on any atom is 0.308 e. The number of aromatic nitrogens is 1. The van der Waals surface area contributed by atoms with Crippen molar-refractivity contribution in [3.63, 3.8) is 0 Å². The van der Waals surface area contributed by atoms with E-state index in [9.17, 15) is 18.0 Å². The van der Waals surface area contributed by atoms with E-state index in [4.69, 9.17) is 0 Å². The van der Waals surface area contributed by atoms with Gasteiger partial charge in [-0.2, -0.15) is 0 Å². The highest BCUT2D eigenvalue weighted by atomic mass is 32.2. The Balaban J connectivity index is 1.48. The monoisotopic (exact) mass is 467 g/mol. The van der Waals surface area contributed by atoms with Gasteiger partial charge in [0.1, 0.15) is 0 Å². The van der Waals surface area contributed by atoms with E-state index in [0.717, 1.165) is 27.1 Å². The highest BCUT2D eigenvalue weighted by Crippen LogP contribution is 2.23. The van der Waals surface area contributed by atoms with Crippen LogP contribution in [0.5, 0.6) is 0 Å². The maximum absolute atomic E-state index is 12.6. The summed E-state index contributed by atoms with van der Waals surface area (Å²) in [5.41, 5.74) is 3.12. The topological polar surface area (TPSA) is 97.3 Å². The van der Waals surface area contributed by atoms with Gasteiger partial charge in [0.15, 0.2) is 0 Å². The van der Waals surface area contributed by atoms with Gasteiger partial charge in [0.2, 0.25) is 0 Å². The van der Waals surface area contributed by atoms with Crippen molar-refractivity contribution in [2.75, 3.05) is 10.0 Å². The molecule has 0 radical (unpaired) electrons. The normalized spacial score (nSPS) is 11.4. The van der Waals surface area contributed by atoms with E-state index >= 15 is 0 Å². The first-order chi connectivity index (χ1) is 15.3. The molecule has 0 aliphatic rings. The van der Waals surface area contributed by atoms with E-state index in [2.05, 4.69) is 10.0 Å². The third-order valence-corrected chi connectivity index (χ3v) is 7.31. The standard InChI is InChI=1S/C23H21N3O4S2/c1-3-26-20-13-10-18(14-21(20)31-23(26)28)24-22(27)16-6-8-17(9-7-16)25-32(29,30)19-11-4-15(2)5-12-19/h4-14,25H,3H2,1-2H3,(H,24,27). The van der Waals surface area contributed by atoms with Crippen molar-refractivity contribution in [3.05, 3.63) is 87.5 Å². The number of nitrogens with one attached hydrogen (secondary N) is 2. The number of benzene rings is 3. The summed E-state index contributed by atoms with van der Waals surface area (Å²) < 4.78 is 30.0. The van der Waals surface area contributed by atoms with Crippen LogP contribution < -0.4 is 14.9 Å². The summed E-state index contributed by atoms with van der Waals surface area (Å²) in [4.78, 5) is 24.8. The van der Waals surface area contributed by atoms with Crippen LogP contribution in [0.3, 0.4) is 0 Å². The average Bonchev–Trinajstić information content (AvgIpc) is 3.08. The minimum Gasteiger partial charge on any atom is -0.322 e. The first-order valence-electron chi connectivity index (χ1n) is 9.91. The fourth-order valence-electron chi connectivity index (χ4n) is 3.27. The Hall–Kier alpha value is -3.43. The molecule has 32 heavy (non-hydrogen) atoms. The minimum atomic E-state index is -3.71. The van der Waals surface area contributed by atoms with Crippen molar-refractivity contribution in [3.8, 4) is 0 Å². The molecule has 7 nitrogen and oxygen atoms in total. The lowest BCUT2D eigenvalue weighted by Crippen LogP contribution is -2.14. The molecule has 9 heteroatoms. The molecule has 1 heterocycles. The predicted octanol–water partition coefficient (Wildman–Crippen LogP) is 4.44. The number of nitrogens with zero attached hydrogens (tertiary/aromatic N) is 1. The molecule has 1 amide bonds. The summed E-state index contributed by atoms with van der Waals surface area (Å²) in [6.07, 6.45) is 0. The predicted molar refractivity (Wildman–Crippen MR) is 128 cm³/mol. The SMILES string of the molecule is CCn1c(=O)sc2cc(NC(=O)c3ccc(NS(=O)(=O)c4ccc(C)cc4)cc3)ccc21. The van der Waals surface area contributed by atoms with E-state index in [1.54, 1.807) is 53.1 Å². The molecule has 2 N–H and O–H groups in total. The highest BCUT2D eigenvalue weighted by molar-refractivity contribution is 7.92. The number of thiazole rings is 1. The lowest BCUT2D eigenvalue weighted by molar-refractivity contribution is 0.102. The van der Waals surface area contributed by atoms with E-state index in [1.807, 2.05) is 19.9 Å². The van der Waals surface area contributed by atoms with Gasteiger partial charge >= 0.3 is 4.87 Å². The van der Waals surface area contributed by atoms with E-state index in [-0.39, 0.29) is 15.7 Å². The molecule has 0 unspecified atom stereocenters. The molecule has 0 aliphatic carbocycles. The van der Waals surface area contributed by atoms with E-state index in [1.165, 1.54) is 12.1 Å². The molecule has 0 bridgehead atoms. The highest BCUT2D eigenvalue weighted by Gasteiger charge is 2.15. The van der Waals surface area contributed by atoms with Crippen molar-refractivity contribution in [2.24, 2.45) is 0 Å². The second-order valence-corrected chi connectivity index (χ2v) is 9.92. The first-order valence-corrected chi connectivity index (χ1v) is 12.2. The number of anilines is 2. The minimum absolute atomic E-state index is 0.0327. The van der Waals surface area contributed by atoms with Crippen molar-refractivity contribution < 1.29 is 13.2 Å². The molecule has 0 spiro atoms. The zero-order valence-electron chi connectivity index (χ0n) is 17.5. The van der Waals surface area contributed by atoms with Crippen LogP contribution in [0.1, 0.15) is 22.8 Å².